The molecule has 3 aromatic carbocycles. The van der Waals surface area contributed by atoms with Gasteiger partial charge < -0.3 is 10.6 Å². The minimum Gasteiger partial charge on any atom is -0.349 e. The Kier molecular flexibility index (Phi) is 5.42. The van der Waals surface area contributed by atoms with Crippen molar-refractivity contribution < 1.29 is 9.59 Å². The molecule has 0 spiro atoms. The van der Waals surface area contributed by atoms with Crippen molar-refractivity contribution in [2.24, 2.45) is 0 Å². The average molecular weight is 439 g/mol. The number of hydrogen-bond donors (Lipinski definition) is 3. The molecule has 0 radical (unpaired) electrons. The minimum atomic E-state index is -1.17. The van der Waals surface area contributed by atoms with E-state index < -0.39 is 5.54 Å². The molecule has 2 aliphatic rings. The van der Waals surface area contributed by atoms with Crippen LogP contribution >= 0.6 is 0 Å². The Balaban J connectivity index is 1.44. The molecule has 33 heavy (non-hydrogen) atoms. The highest BCUT2D eigenvalue weighted by molar-refractivity contribution is 6.10. The van der Waals surface area contributed by atoms with Crippen LogP contribution in [-0.4, -0.2) is 28.7 Å². The molecule has 3 aromatic rings. The van der Waals surface area contributed by atoms with E-state index in [9.17, 15) is 9.59 Å². The van der Waals surface area contributed by atoms with Gasteiger partial charge in [-0.05, 0) is 48.1 Å². The Hall–Kier alpha value is -3.93. The lowest BCUT2D eigenvalue weighted by Crippen LogP contribution is -2.45. The molecule has 5 rings (SSSR count). The second kappa shape index (κ2) is 8.54. The van der Waals surface area contributed by atoms with E-state index in [1.807, 2.05) is 72.8 Å². The van der Waals surface area contributed by atoms with Gasteiger partial charge in [0.05, 0.1) is 6.54 Å². The molecule has 0 unspecified atom stereocenters. The number of nitrogens with zero attached hydrogens (tertiary/aromatic N) is 1. The summed E-state index contributed by atoms with van der Waals surface area (Å²) in [6.45, 7) is 0.205. The van der Waals surface area contributed by atoms with Crippen molar-refractivity contribution in [1.29, 1.82) is 5.41 Å². The number of carbonyl (C=O) groups excluding carboxylic acids is 2. The average Bonchev–Trinajstić information content (AvgIpc) is 3.08. The zero-order valence-corrected chi connectivity index (χ0v) is 18.3. The van der Waals surface area contributed by atoms with Gasteiger partial charge >= 0.3 is 0 Å². The maximum Gasteiger partial charge on any atom is 0.264 e. The highest BCUT2D eigenvalue weighted by atomic mass is 16.2. The van der Waals surface area contributed by atoms with Crippen LogP contribution < -0.4 is 10.6 Å². The summed E-state index contributed by atoms with van der Waals surface area (Å²) in [6.07, 6.45) is 3.21. The first-order chi connectivity index (χ1) is 16.1. The molecule has 3 N–H and O–H groups in total. The third-order valence-corrected chi connectivity index (χ3v) is 6.53. The van der Waals surface area contributed by atoms with Crippen molar-refractivity contribution in [2.45, 2.75) is 37.4 Å². The highest BCUT2D eigenvalue weighted by Crippen LogP contribution is 2.36. The molecule has 1 aliphatic heterocycles. The summed E-state index contributed by atoms with van der Waals surface area (Å²) in [5.41, 5.74) is 1.76. The third-order valence-electron chi connectivity index (χ3n) is 6.53. The summed E-state index contributed by atoms with van der Waals surface area (Å²) in [6, 6.07) is 26.6. The van der Waals surface area contributed by atoms with E-state index in [4.69, 9.17) is 5.41 Å². The first-order valence-electron chi connectivity index (χ1n) is 11.3. The number of guanidine groups is 1. The van der Waals surface area contributed by atoms with Gasteiger partial charge in [0.1, 0.15) is 0 Å². The molecular formula is C27H26N4O2. The van der Waals surface area contributed by atoms with Crippen molar-refractivity contribution in [3.63, 3.8) is 0 Å². The molecule has 6 heteroatoms. The Morgan fingerprint density at radius 1 is 0.970 bits per heavy atom. The van der Waals surface area contributed by atoms with Gasteiger partial charge in [-0.15, -0.1) is 0 Å². The van der Waals surface area contributed by atoms with Gasteiger partial charge in [-0.2, -0.15) is 0 Å². The Bertz CT molecular complexity index is 1150. The van der Waals surface area contributed by atoms with E-state index in [0.717, 1.165) is 36.0 Å². The molecule has 166 valence electrons. The molecule has 1 heterocycles. The molecule has 1 aliphatic carbocycles. The quantitative estimate of drug-likeness (QED) is 0.548. The lowest BCUT2D eigenvalue weighted by atomic mass is 9.82. The normalized spacial score (nSPS) is 17.4. The zero-order valence-electron chi connectivity index (χ0n) is 18.3. The lowest BCUT2D eigenvalue weighted by Gasteiger charge is -2.28. The summed E-state index contributed by atoms with van der Waals surface area (Å²) < 4.78 is 0. The maximum absolute atomic E-state index is 13.9. The van der Waals surface area contributed by atoms with Crippen LogP contribution in [0.25, 0.3) is 0 Å². The molecule has 2 fully saturated rings. The van der Waals surface area contributed by atoms with Crippen LogP contribution in [0, 0.1) is 5.41 Å². The first kappa shape index (κ1) is 20.9. The number of nitrogens with one attached hydrogen (secondary N) is 3. The fraction of sp³-hybridized carbons (Fsp3) is 0.222. The largest absolute Gasteiger partial charge is 0.349 e. The predicted octanol–water partition coefficient (Wildman–Crippen LogP) is 3.78. The van der Waals surface area contributed by atoms with Gasteiger partial charge in [0.2, 0.25) is 0 Å². The van der Waals surface area contributed by atoms with Gasteiger partial charge in [0.25, 0.3) is 11.8 Å². The minimum absolute atomic E-state index is 0.0389. The van der Waals surface area contributed by atoms with E-state index in [1.54, 1.807) is 12.1 Å². The highest BCUT2D eigenvalue weighted by Gasteiger charge is 2.52. The number of amides is 2. The van der Waals surface area contributed by atoms with Gasteiger partial charge in [0.15, 0.2) is 11.5 Å². The topological polar surface area (TPSA) is 85.3 Å². The summed E-state index contributed by atoms with van der Waals surface area (Å²) >= 11 is 0. The van der Waals surface area contributed by atoms with Crippen LogP contribution in [0.1, 0.15) is 46.3 Å². The van der Waals surface area contributed by atoms with Crippen LogP contribution in [0.5, 0.6) is 0 Å². The first-order valence-corrected chi connectivity index (χ1v) is 11.3. The zero-order chi connectivity index (χ0) is 22.8. The molecular weight excluding hydrogens is 412 g/mol. The molecule has 1 saturated heterocycles. The van der Waals surface area contributed by atoms with E-state index in [0.29, 0.717) is 5.56 Å². The van der Waals surface area contributed by atoms with Crippen molar-refractivity contribution in [2.75, 3.05) is 0 Å². The number of rotatable bonds is 6. The van der Waals surface area contributed by atoms with Crippen LogP contribution in [-0.2, 0) is 16.9 Å². The van der Waals surface area contributed by atoms with Crippen molar-refractivity contribution in [1.82, 2.24) is 15.5 Å². The molecule has 0 bridgehead atoms. The lowest BCUT2D eigenvalue weighted by molar-refractivity contribution is -0.130. The fourth-order valence-corrected chi connectivity index (χ4v) is 4.50. The summed E-state index contributed by atoms with van der Waals surface area (Å²) in [5, 5.41) is 14.8. The number of benzene rings is 3. The molecule has 0 atom stereocenters. The standard InChI is InChI=1S/C27H26N4O2/c28-26-30-27(21-11-3-1-4-12-21,22-13-5-2-6-14-22)25(33)31(26)18-19-9-7-10-20(17-19)24(32)29-23-15-8-16-23/h1-7,9-14,17,23H,8,15-16,18H2,(H2,28,30)(H,29,32). The Morgan fingerprint density at radius 3 is 2.18 bits per heavy atom. The predicted molar refractivity (Wildman–Crippen MR) is 127 cm³/mol. The van der Waals surface area contributed by atoms with Crippen LogP contribution in [0.2, 0.25) is 0 Å². The van der Waals surface area contributed by atoms with Crippen molar-refractivity contribution in [3.05, 3.63) is 107 Å². The van der Waals surface area contributed by atoms with Gasteiger partial charge in [-0.25, -0.2) is 0 Å². The summed E-state index contributed by atoms with van der Waals surface area (Å²) in [4.78, 5) is 27.9. The molecule has 0 aromatic heterocycles. The Labute approximate surface area is 193 Å². The third kappa shape index (κ3) is 3.78. The van der Waals surface area contributed by atoms with E-state index >= 15 is 0 Å². The number of hydrogen-bond acceptors (Lipinski definition) is 3. The second-order valence-corrected chi connectivity index (χ2v) is 8.65. The number of carbonyl (C=O) groups is 2. The maximum atomic E-state index is 13.9. The Morgan fingerprint density at radius 2 is 1.61 bits per heavy atom. The van der Waals surface area contributed by atoms with Crippen molar-refractivity contribution in [3.8, 4) is 0 Å². The van der Waals surface area contributed by atoms with E-state index in [1.165, 1.54) is 4.90 Å². The smallest absolute Gasteiger partial charge is 0.264 e. The molecule has 6 nitrogen and oxygen atoms in total. The van der Waals surface area contributed by atoms with Crippen LogP contribution in [0.3, 0.4) is 0 Å². The van der Waals surface area contributed by atoms with Gasteiger partial charge in [-0.1, -0.05) is 72.8 Å². The SMILES string of the molecule is N=C1NC(c2ccccc2)(c2ccccc2)C(=O)N1Cc1cccc(C(=O)NC2CCC2)c1. The second-order valence-electron chi connectivity index (χ2n) is 8.65. The molecule has 1 saturated carbocycles. The fourth-order valence-electron chi connectivity index (χ4n) is 4.50. The van der Waals surface area contributed by atoms with Gasteiger partial charge in [0, 0.05) is 11.6 Å². The van der Waals surface area contributed by atoms with Crippen LogP contribution in [0.4, 0.5) is 0 Å². The molecule has 2 amide bonds. The van der Waals surface area contributed by atoms with E-state index in [2.05, 4.69) is 10.6 Å². The van der Waals surface area contributed by atoms with Gasteiger partial charge in [-0.3, -0.25) is 19.9 Å². The summed E-state index contributed by atoms with van der Waals surface area (Å²) in [5.74, 6) is -0.267. The van der Waals surface area contributed by atoms with Crippen molar-refractivity contribution >= 4 is 17.8 Å². The summed E-state index contributed by atoms with van der Waals surface area (Å²) in [7, 11) is 0. The van der Waals surface area contributed by atoms with Crippen LogP contribution in [0.15, 0.2) is 84.9 Å². The van der Waals surface area contributed by atoms with E-state index in [-0.39, 0.29) is 30.4 Å². The monoisotopic (exact) mass is 438 g/mol.